The number of carbonyl (C=O) groups is 1. The van der Waals surface area contributed by atoms with Crippen molar-refractivity contribution in [2.45, 2.75) is 131 Å². The molecule has 4 unspecified atom stereocenters. The molecular formula is C38H56I3NO2. The molecule has 9 atom stereocenters. The fraction of sp³-hybridized carbons (Fsp3) is 0.763. The van der Waals surface area contributed by atoms with Crippen molar-refractivity contribution in [3.63, 3.8) is 0 Å². The molecule has 44 heavy (non-hydrogen) atoms. The molecule has 6 heteroatoms. The van der Waals surface area contributed by atoms with Gasteiger partial charge in [-0.05, 0) is 184 Å². The lowest BCUT2D eigenvalue weighted by Crippen LogP contribution is -2.51. The van der Waals surface area contributed by atoms with E-state index in [0.29, 0.717) is 11.8 Å². The van der Waals surface area contributed by atoms with E-state index < -0.39 is 0 Å². The summed E-state index contributed by atoms with van der Waals surface area (Å²) < 4.78 is 9.68. The lowest BCUT2D eigenvalue weighted by Gasteiger charge is -2.58. The zero-order valence-electron chi connectivity index (χ0n) is 28.0. The van der Waals surface area contributed by atoms with Crippen molar-refractivity contribution < 1.29 is 9.53 Å². The molecule has 2 N–H and O–H groups in total. The maximum atomic E-state index is 13.6. The van der Waals surface area contributed by atoms with Crippen LogP contribution in [0.25, 0.3) is 0 Å². The minimum absolute atomic E-state index is 0.0174. The smallest absolute Gasteiger partial charge is 0.309 e. The van der Waals surface area contributed by atoms with E-state index in [0.717, 1.165) is 74.0 Å². The van der Waals surface area contributed by atoms with Crippen LogP contribution in [0.5, 0.6) is 0 Å². The first kappa shape index (κ1) is 35.7. The van der Waals surface area contributed by atoms with Gasteiger partial charge in [0.2, 0.25) is 0 Å². The van der Waals surface area contributed by atoms with Crippen molar-refractivity contribution in [2.75, 3.05) is 5.73 Å². The summed E-state index contributed by atoms with van der Waals surface area (Å²) in [6.07, 6.45) is 18.4. The molecule has 5 rings (SSSR count). The Morgan fingerprint density at radius 1 is 1.02 bits per heavy atom. The first-order valence-corrected chi connectivity index (χ1v) is 20.9. The van der Waals surface area contributed by atoms with Crippen LogP contribution in [-0.4, -0.2) is 12.1 Å². The van der Waals surface area contributed by atoms with E-state index >= 15 is 0 Å². The highest BCUT2D eigenvalue weighted by atomic mass is 127. The molecule has 4 aliphatic carbocycles. The largest absolute Gasteiger partial charge is 0.462 e. The van der Waals surface area contributed by atoms with Crippen LogP contribution in [0.3, 0.4) is 0 Å². The predicted molar refractivity (Wildman–Crippen MR) is 209 cm³/mol. The molecule has 4 aliphatic rings. The lowest BCUT2D eigenvalue weighted by atomic mass is 9.47. The van der Waals surface area contributed by atoms with Crippen molar-refractivity contribution in [1.82, 2.24) is 0 Å². The molecule has 0 aliphatic heterocycles. The fourth-order valence-electron chi connectivity index (χ4n) is 10.5. The van der Waals surface area contributed by atoms with Gasteiger partial charge in [0, 0.05) is 17.1 Å². The third-order valence-corrected chi connectivity index (χ3v) is 16.2. The number of hydrogen-bond donors (Lipinski definition) is 1. The molecule has 0 amide bonds. The summed E-state index contributed by atoms with van der Waals surface area (Å²) in [5, 5.41) is 0. The van der Waals surface area contributed by atoms with Crippen molar-refractivity contribution >= 4 is 79.4 Å². The number of ether oxygens (including phenoxy) is 1. The third-order valence-electron chi connectivity index (χ3n) is 13.1. The summed E-state index contributed by atoms with van der Waals surface area (Å²) in [6.45, 7) is 14.7. The minimum Gasteiger partial charge on any atom is -0.462 e. The van der Waals surface area contributed by atoms with Crippen molar-refractivity contribution in [3.8, 4) is 0 Å². The van der Waals surface area contributed by atoms with E-state index in [1.807, 2.05) is 0 Å². The third kappa shape index (κ3) is 6.94. The number of allylic oxidation sites excluding steroid dienone is 1. The Morgan fingerprint density at radius 3 is 2.48 bits per heavy atom. The quantitative estimate of drug-likeness (QED) is 0.110. The fourth-order valence-corrected chi connectivity index (χ4v) is 14.3. The van der Waals surface area contributed by atoms with E-state index in [-0.39, 0.29) is 23.4 Å². The summed E-state index contributed by atoms with van der Waals surface area (Å²) in [6, 6.07) is 2.13. The number of benzene rings is 1. The number of nitrogens with two attached hydrogens (primary N) is 1. The van der Waals surface area contributed by atoms with Crippen LogP contribution in [0.4, 0.5) is 5.69 Å². The molecule has 0 aromatic heterocycles. The molecule has 1 aromatic rings. The number of fused-ring (bicyclic) bond motifs is 5. The Balaban J connectivity index is 1.23. The summed E-state index contributed by atoms with van der Waals surface area (Å²) in [5.74, 6) is 4.96. The highest BCUT2D eigenvalue weighted by Gasteiger charge is 2.59. The van der Waals surface area contributed by atoms with E-state index in [4.69, 9.17) is 10.5 Å². The first-order valence-electron chi connectivity index (χ1n) is 17.6. The molecule has 0 spiro atoms. The van der Waals surface area contributed by atoms with Crippen LogP contribution in [0.15, 0.2) is 17.7 Å². The van der Waals surface area contributed by atoms with Gasteiger partial charge in [0.05, 0.1) is 11.6 Å². The van der Waals surface area contributed by atoms with Gasteiger partial charge in [-0.1, -0.05) is 72.5 Å². The van der Waals surface area contributed by atoms with Gasteiger partial charge >= 0.3 is 5.97 Å². The maximum absolute atomic E-state index is 13.6. The number of rotatable bonds is 10. The summed E-state index contributed by atoms with van der Waals surface area (Å²) >= 11 is 7.04. The normalized spacial score (nSPS) is 34.5. The number of esters is 1. The van der Waals surface area contributed by atoms with Crippen molar-refractivity contribution in [3.05, 3.63) is 34.0 Å². The zero-order valence-corrected chi connectivity index (χ0v) is 34.5. The van der Waals surface area contributed by atoms with Crippen LogP contribution >= 0.6 is 67.8 Å². The van der Waals surface area contributed by atoms with Crippen molar-refractivity contribution in [1.29, 1.82) is 0 Å². The SMILES string of the molecule is CCC(Cc1c(I)cc(I)c(N)c1I)C(=O)O[C@H]1CC[C@@]2(C)C(=CCC3C2CC[C@@]2(C)C3CC[C@@H]2[C@H](C)CCCC(C)C)C1. The van der Waals surface area contributed by atoms with E-state index in [1.54, 1.807) is 5.57 Å². The minimum atomic E-state index is -0.131. The van der Waals surface area contributed by atoms with Gasteiger partial charge in [0.25, 0.3) is 0 Å². The van der Waals surface area contributed by atoms with Gasteiger partial charge in [-0.15, -0.1) is 0 Å². The second kappa shape index (κ2) is 14.5. The molecule has 0 radical (unpaired) electrons. The van der Waals surface area contributed by atoms with Crippen LogP contribution in [0.2, 0.25) is 0 Å². The van der Waals surface area contributed by atoms with Gasteiger partial charge in [-0.3, -0.25) is 4.79 Å². The number of carbonyl (C=O) groups excluding carboxylic acids is 1. The number of nitrogen functional groups attached to an aromatic ring is 1. The Labute approximate surface area is 309 Å². The predicted octanol–water partition coefficient (Wildman–Crippen LogP) is 11.6. The molecule has 3 fully saturated rings. The topological polar surface area (TPSA) is 52.3 Å². The average Bonchev–Trinajstić information content (AvgIpc) is 3.33. The van der Waals surface area contributed by atoms with Crippen LogP contribution < -0.4 is 5.73 Å². The monoisotopic (exact) mass is 939 g/mol. The van der Waals surface area contributed by atoms with E-state index in [1.165, 1.54) is 60.5 Å². The second-order valence-electron chi connectivity index (χ2n) is 15.9. The Morgan fingerprint density at radius 2 is 1.77 bits per heavy atom. The molecule has 0 heterocycles. The molecule has 0 bridgehead atoms. The standard InChI is InChI=1S/C38H56I3NO2/c1-7-24(19-28-32(39)21-33(40)35(42)34(28)41)36(43)44-26-15-17-37(5)25(20-26)11-12-27-30-14-13-29(23(4)10-8-9-22(2)3)38(30,6)18-16-31(27)37/h11,21-24,26-27,29-31H,7-10,12-20,42H2,1-6H3/t23-,24?,26+,27?,29-,30?,31?,37+,38-/m1/s1. The van der Waals surface area contributed by atoms with Crippen LogP contribution in [0.1, 0.15) is 124 Å². The molecule has 3 nitrogen and oxygen atoms in total. The van der Waals surface area contributed by atoms with Crippen molar-refractivity contribution in [2.24, 2.45) is 52.3 Å². The van der Waals surface area contributed by atoms with Gasteiger partial charge in [0.15, 0.2) is 0 Å². The summed E-state index contributed by atoms with van der Waals surface area (Å²) in [7, 11) is 0. The lowest BCUT2D eigenvalue weighted by molar-refractivity contribution is -0.156. The van der Waals surface area contributed by atoms with Gasteiger partial charge < -0.3 is 10.5 Å². The highest BCUT2D eigenvalue weighted by Crippen LogP contribution is 2.67. The first-order chi connectivity index (χ1) is 20.8. The molecule has 246 valence electrons. The number of hydrogen-bond acceptors (Lipinski definition) is 3. The Hall–Kier alpha value is 0.420. The molecule has 3 saturated carbocycles. The molecule has 1 aromatic carbocycles. The molecule has 0 saturated heterocycles. The summed E-state index contributed by atoms with van der Waals surface area (Å²) in [4.78, 5) is 13.6. The molecular weight excluding hydrogens is 883 g/mol. The number of anilines is 1. The summed E-state index contributed by atoms with van der Waals surface area (Å²) in [5.41, 5.74) is 10.8. The van der Waals surface area contributed by atoms with E-state index in [9.17, 15) is 4.79 Å². The van der Waals surface area contributed by atoms with Crippen LogP contribution in [-0.2, 0) is 16.0 Å². The van der Waals surface area contributed by atoms with E-state index in [2.05, 4.69) is 121 Å². The number of halogens is 3. The van der Waals surface area contributed by atoms with Crippen LogP contribution in [0, 0.1) is 63.0 Å². The van der Waals surface area contributed by atoms with Gasteiger partial charge in [0.1, 0.15) is 6.10 Å². The zero-order chi connectivity index (χ0) is 32.0. The Kier molecular flexibility index (Phi) is 11.8. The van der Waals surface area contributed by atoms with Gasteiger partial charge in [-0.2, -0.15) is 0 Å². The second-order valence-corrected chi connectivity index (χ2v) is 19.4. The highest BCUT2D eigenvalue weighted by molar-refractivity contribution is 14.1. The maximum Gasteiger partial charge on any atom is 0.309 e. The van der Waals surface area contributed by atoms with Gasteiger partial charge in [-0.25, -0.2) is 0 Å². The Bertz CT molecular complexity index is 1240. The average molecular weight is 940 g/mol.